The number of ether oxygens (including phenoxy) is 1. The minimum Gasteiger partial charge on any atom is -0.450 e. The number of hydrogen-bond donors (Lipinski definition) is 1. The number of alkyl halides is 3. The fourth-order valence-corrected chi connectivity index (χ4v) is 1.97. The predicted molar refractivity (Wildman–Crippen MR) is 82.3 cm³/mol. The molecule has 0 atom stereocenters. The van der Waals surface area contributed by atoms with Crippen molar-refractivity contribution in [1.29, 1.82) is 0 Å². The van der Waals surface area contributed by atoms with Gasteiger partial charge in [-0.3, -0.25) is 5.32 Å². The van der Waals surface area contributed by atoms with Gasteiger partial charge < -0.3 is 4.74 Å². The lowest BCUT2D eigenvalue weighted by molar-refractivity contribution is -0.137. The highest BCUT2D eigenvalue weighted by Crippen LogP contribution is 2.32. The summed E-state index contributed by atoms with van der Waals surface area (Å²) in [6, 6.07) is 3.08. The molecule has 0 unspecified atom stereocenters. The van der Waals surface area contributed by atoms with Gasteiger partial charge in [0.05, 0.1) is 17.9 Å². The zero-order valence-corrected chi connectivity index (χ0v) is 13.9. The van der Waals surface area contributed by atoms with Gasteiger partial charge in [0.25, 0.3) is 0 Å². The average molecular weight is 329 g/mol. The van der Waals surface area contributed by atoms with Gasteiger partial charge >= 0.3 is 12.3 Å². The monoisotopic (exact) mass is 329 g/mol. The van der Waals surface area contributed by atoms with Crippen LogP contribution < -0.4 is 5.32 Å². The second-order valence-corrected chi connectivity index (χ2v) is 10.4. The molecular weight excluding hydrogens is 311 g/mol. The fourth-order valence-electron chi connectivity index (χ4n) is 1.46. The van der Waals surface area contributed by atoms with Crippen LogP contribution in [0.1, 0.15) is 18.1 Å². The van der Waals surface area contributed by atoms with Gasteiger partial charge in [-0.05, 0) is 25.1 Å². The zero-order chi connectivity index (χ0) is 17.0. The second kappa shape index (κ2) is 6.88. The Balaban J connectivity index is 3.24. The first kappa shape index (κ1) is 18.1. The molecule has 1 aromatic carbocycles. The summed E-state index contributed by atoms with van der Waals surface area (Å²) >= 11 is 0. The third kappa shape index (κ3) is 5.82. The highest BCUT2D eigenvalue weighted by molar-refractivity contribution is 6.83. The molecule has 0 radical (unpaired) electrons. The number of anilines is 1. The average Bonchev–Trinajstić information content (AvgIpc) is 2.35. The van der Waals surface area contributed by atoms with Crippen molar-refractivity contribution in [2.24, 2.45) is 0 Å². The number of hydrogen-bond acceptors (Lipinski definition) is 2. The first-order valence-corrected chi connectivity index (χ1v) is 10.2. The van der Waals surface area contributed by atoms with Crippen LogP contribution in [0.5, 0.6) is 0 Å². The van der Waals surface area contributed by atoms with E-state index in [4.69, 9.17) is 4.74 Å². The van der Waals surface area contributed by atoms with E-state index in [1.807, 2.05) is 19.6 Å². The number of carbonyl (C=O) groups excluding carboxylic acids is 1. The molecule has 1 rings (SSSR count). The molecule has 0 fully saturated rings. The molecule has 0 aromatic heterocycles. The van der Waals surface area contributed by atoms with E-state index in [1.54, 1.807) is 6.92 Å². The molecular formula is C15H18F3NO2Si. The molecule has 0 spiro atoms. The molecule has 0 saturated heterocycles. The molecule has 0 bridgehead atoms. The molecule has 0 aliphatic rings. The van der Waals surface area contributed by atoms with Crippen molar-refractivity contribution in [3.63, 3.8) is 0 Å². The topological polar surface area (TPSA) is 38.3 Å². The van der Waals surface area contributed by atoms with Crippen molar-refractivity contribution < 1.29 is 22.7 Å². The van der Waals surface area contributed by atoms with Gasteiger partial charge in [-0.25, -0.2) is 4.79 Å². The van der Waals surface area contributed by atoms with Crippen LogP contribution in [0.15, 0.2) is 18.2 Å². The van der Waals surface area contributed by atoms with Gasteiger partial charge in [-0.2, -0.15) is 13.2 Å². The van der Waals surface area contributed by atoms with E-state index in [2.05, 4.69) is 16.8 Å². The Hall–Kier alpha value is -1.94. The predicted octanol–water partition coefficient (Wildman–Crippen LogP) is 4.50. The van der Waals surface area contributed by atoms with Gasteiger partial charge in [-0.15, -0.1) is 5.54 Å². The van der Waals surface area contributed by atoms with E-state index in [1.165, 1.54) is 6.07 Å². The van der Waals surface area contributed by atoms with Crippen molar-refractivity contribution in [2.75, 3.05) is 11.9 Å². The standard InChI is InChI=1S/C15H18F3NO2Si/c1-5-21-14(20)19-13-10-12(15(16,17)18)7-6-11(13)8-9-22(2,3)4/h6-7,10H,5H2,1-4H3,(H,19,20). The number of halogens is 3. The molecule has 0 aliphatic heterocycles. The molecule has 3 nitrogen and oxygen atoms in total. The van der Waals surface area contributed by atoms with Gasteiger partial charge in [-0.1, -0.05) is 25.6 Å². The van der Waals surface area contributed by atoms with E-state index < -0.39 is 25.9 Å². The largest absolute Gasteiger partial charge is 0.450 e. The first-order chi connectivity index (χ1) is 10.0. The number of carbonyl (C=O) groups is 1. The maximum atomic E-state index is 12.8. The van der Waals surface area contributed by atoms with Crippen LogP contribution in [-0.2, 0) is 10.9 Å². The maximum Gasteiger partial charge on any atom is 0.416 e. The third-order valence-electron chi connectivity index (χ3n) is 2.43. The van der Waals surface area contributed by atoms with Crippen molar-refractivity contribution in [3.05, 3.63) is 29.3 Å². The maximum absolute atomic E-state index is 12.8. The van der Waals surface area contributed by atoms with Crippen LogP contribution in [0.4, 0.5) is 23.7 Å². The summed E-state index contributed by atoms with van der Waals surface area (Å²) < 4.78 is 43.1. The normalized spacial score (nSPS) is 11.4. The minimum atomic E-state index is -4.49. The Kier molecular flexibility index (Phi) is 5.66. The lowest BCUT2D eigenvalue weighted by Crippen LogP contribution is -2.17. The summed E-state index contributed by atoms with van der Waals surface area (Å²) in [6.45, 7) is 7.78. The third-order valence-corrected chi connectivity index (χ3v) is 3.31. The van der Waals surface area contributed by atoms with Crippen LogP contribution in [-0.4, -0.2) is 20.8 Å². The Morgan fingerprint density at radius 1 is 1.32 bits per heavy atom. The van der Waals surface area contributed by atoms with E-state index in [9.17, 15) is 18.0 Å². The number of benzene rings is 1. The number of amides is 1. The van der Waals surface area contributed by atoms with E-state index in [0.717, 1.165) is 12.1 Å². The SMILES string of the molecule is CCOC(=O)Nc1cc(C(F)(F)F)ccc1C#C[Si](C)(C)C. The molecule has 1 N–H and O–H groups in total. The fraction of sp³-hybridized carbons (Fsp3) is 0.400. The molecule has 1 amide bonds. The Morgan fingerprint density at radius 2 is 1.95 bits per heavy atom. The van der Waals surface area contributed by atoms with Crippen molar-refractivity contribution >= 4 is 19.9 Å². The molecule has 7 heteroatoms. The van der Waals surface area contributed by atoms with Crippen LogP contribution in [0.3, 0.4) is 0 Å². The molecule has 1 aromatic rings. The Bertz CT molecular complexity index is 610. The molecule has 0 aliphatic carbocycles. The zero-order valence-electron chi connectivity index (χ0n) is 12.9. The highest BCUT2D eigenvalue weighted by atomic mass is 28.3. The van der Waals surface area contributed by atoms with E-state index >= 15 is 0 Å². The van der Waals surface area contributed by atoms with E-state index in [-0.39, 0.29) is 12.3 Å². The van der Waals surface area contributed by atoms with Gasteiger partial charge in [0.1, 0.15) is 8.07 Å². The summed E-state index contributed by atoms with van der Waals surface area (Å²) in [7, 11) is -1.70. The van der Waals surface area contributed by atoms with Gasteiger partial charge in [0.15, 0.2) is 0 Å². The summed E-state index contributed by atoms with van der Waals surface area (Å²) in [5.74, 6) is 2.85. The van der Waals surface area contributed by atoms with Gasteiger partial charge in [0, 0.05) is 5.56 Å². The molecule has 22 heavy (non-hydrogen) atoms. The van der Waals surface area contributed by atoms with Crippen LogP contribution in [0.25, 0.3) is 0 Å². The highest BCUT2D eigenvalue weighted by Gasteiger charge is 2.31. The Labute approximate surface area is 128 Å². The van der Waals surface area contributed by atoms with E-state index in [0.29, 0.717) is 5.56 Å². The van der Waals surface area contributed by atoms with Crippen molar-refractivity contribution in [2.45, 2.75) is 32.7 Å². The number of nitrogens with one attached hydrogen (secondary N) is 1. The summed E-state index contributed by atoms with van der Waals surface area (Å²) in [5, 5.41) is 2.31. The van der Waals surface area contributed by atoms with Crippen LogP contribution in [0.2, 0.25) is 19.6 Å². The van der Waals surface area contributed by atoms with Gasteiger partial charge in [0.2, 0.25) is 0 Å². The molecule has 120 valence electrons. The Morgan fingerprint density at radius 3 is 2.45 bits per heavy atom. The summed E-state index contributed by atoms with van der Waals surface area (Å²) in [4.78, 5) is 11.5. The summed E-state index contributed by atoms with van der Waals surface area (Å²) in [5.41, 5.74) is 2.54. The first-order valence-electron chi connectivity index (χ1n) is 6.71. The summed E-state index contributed by atoms with van der Waals surface area (Å²) in [6.07, 6.45) is -5.30. The smallest absolute Gasteiger partial charge is 0.416 e. The van der Waals surface area contributed by atoms with Crippen molar-refractivity contribution in [3.8, 4) is 11.5 Å². The molecule has 0 saturated carbocycles. The number of rotatable bonds is 2. The van der Waals surface area contributed by atoms with Crippen LogP contribution in [0, 0.1) is 11.5 Å². The quantitative estimate of drug-likeness (QED) is 0.641. The second-order valence-electron chi connectivity index (χ2n) is 5.60. The minimum absolute atomic E-state index is 0.000903. The lowest BCUT2D eigenvalue weighted by atomic mass is 10.1. The molecule has 0 heterocycles. The van der Waals surface area contributed by atoms with Crippen LogP contribution >= 0.6 is 0 Å². The van der Waals surface area contributed by atoms with Crippen molar-refractivity contribution in [1.82, 2.24) is 0 Å². The lowest BCUT2D eigenvalue weighted by Gasteiger charge is -2.12.